The molecule has 2 aromatic carbocycles. The molecule has 0 saturated carbocycles. The van der Waals surface area contributed by atoms with Crippen molar-refractivity contribution < 1.29 is 12.8 Å². The van der Waals surface area contributed by atoms with Crippen LogP contribution < -0.4 is 5.32 Å². The molecule has 0 unspecified atom stereocenters. The minimum Gasteiger partial charge on any atom is -0.346 e. The highest BCUT2D eigenvalue weighted by molar-refractivity contribution is 7.89. The molecule has 2 aromatic rings. The molecule has 0 atom stereocenters. The minimum atomic E-state index is -3.84. The molecule has 1 saturated heterocycles. The van der Waals surface area contributed by atoms with E-state index >= 15 is 0 Å². The summed E-state index contributed by atoms with van der Waals surface area (Å²) in [6, 6.07) is 13.3. The van der Waals surface area contributed by atoms with Crippen LogP contribution in [-0.4, -0.2) is 48.9 Å². The number of aryl methyl sites for hydroxylation is 1. The van der Waals surface area contributed by atoms with Crippen LogP contribution in [0.5, 0.6) is 0 Å². The molecule has 8 heteroatoms. The van der Waals surface area contributed by atoms with Crippen molar-refractivity contribution in [1.29, 1.82) is 0 Å². The third-order valence-corrected chi connectivity index (χ3v) is 6.66. The van der Waals surface area contributed by atoms with Gasteiger partial charge in [-0.25, -0.2) is 12.8 Å². The zero-order chi connectivity index (χ0) is 18.7. The minimum absolute atomic E-state index is 0.256. The van der Waals surface area contributed by atoms with E-state index in [4.69, 9.17) is 12.2 Å². The summed E-state index contributed by atoms with van der Waals surface area (Å²) in [4.78, 5) is 1.64. The van der Waals surface area contributed by atoms with Gasteiger partial charge in [0.15, 0.2) is 5.11 Å². The molecule has 5 nitrogen and oxygen atoms in total. The molecule has 138 valence electrons. The standard InChI is InChI=1S/C18H20FN3O2S2/c1-14-6-2-4-8-16(14)20-18(25)21-10-12-22(13-11-21)26(23,24)17-9-5-3-7-15(17)19/h2-9H,10-13H2,1H3,(H,20,25). The van der Waals surface area contributed by atoms with Gasteiger partial charge in [0.05, 0.1) is 0 Å². The molecule has 0 amide bonds. The van der Waals surface area contributed by atoms with Crippen molar-refractivity contribution >= 4 is 33.0 Å². The average Bonchev–Trinajstić information content (AvgIpc) is 2.64. The molecular formula is C18H20FN3O2S2. The van der Waals surface area contributed by atoms with Crippen LogP contribution in [0.4, 0.5) is 10.1 Å². The number of hydrogen-bond acceptors (Lipinski definition) is 3. The highest BCUT2D eigenvalue weighted by Gasteiger charge is 2.31. The fourth-order valence-corrected chi connectivity index (χ4v) is 4.61. The SMILES string of the molecule is Cc1ccccc1NC(=S)N1CCN(S(=O)(=O)c2ccccc2F)CC1. The molecule has 1 heterocycles. The number of anilines is 1. The normalized spacial score (nSPS) is 15.7. The van der Waals surface area contributed by atoms with E-state index < -0.39 is 15.8 Å². The molecule has 0 radical (unpaired) electrons. The lowest BCUT2D eigenvalue weighted by molar-refractivity contribution is 0.268. The van der Waals surface area contributed by atoms with Crippen molar-refractivity contribution in [3.05, 3.63) is 59.9 Å². The number of hydrogen-bond donors (Lipinski definition) is 1. The lowest BCUT2D eigenvalue weighted by Crippen LogP contribution is -2.51. The first-order valence-corrected chi connectivity index (χ1v) is 10.1. The van der Waals surface area contributed by atoms with Crippen molar-refractivity contribution in [2.45, 2.75) is 11.8 Å². The average molecular weight is 394 g/mol. The summed E-state index contributed by atoms with van der Waals surface area (Å²) in [7, 11) is -3.84. The summed E-state index contributed by atoms with van der Waals surface area (Å²) in [5.74, 6) is -0.730. The van der Waals surface area contributed by atoms with Gasteiger partial charge in [0.1, 0.15) is 10.7 Å². The van der Waals surface area contributed by atoms with Crippen molar-refractivity contribution in [3.63, 3.8) is 0 Å². The van der Waals surface area contributed by atoms with E-state index in [9.17, 15) is 12.8 Å². The van der Waals surface area contributed by atoms with Gasteiger partial charge >= 0.3 is 0 Å². The van der Waals surface area contributed by atoms with E-state index in [1.54, 1.807) is 0 Å². The number of piperazine rings is 1. The Bertz CT molecular complexity index is 910. The summed E-state index contributed by atoms with van der Waals surface area (Å²) in [6.45, 7) is 3.40. The zero-order valence-electron chi connectivity index (χ0n) is 14.4. The Morgan fingerprint density at radius 3 is 2.31 bits per heavy atom. The third-order valence-electron chi connectivity index (χ3n) is 4.37. The van der Waals surface area contributed by atoms with Crippen molar-refractivity contribution in [3.8, 4) is 0 Å². The molecule has 0 spiro atoms. The molecule has 1 fully saturated rings. The Morgan fingerprint density at radius 2 is 1.65 bits per heavy atom. The van der Waals surface area contributed by atoms with E-state index in [-0.39, 0.29) is 18.0 Å². The Balaban J connectivity index is 1.65. The first-order chi connectivity index (χ1) is 12.4. The van der Waals surface area contributed by atoms with Crippen molar-refractivity contribution in [2.75, 3.05) is 31.5 Å². The summed E-state index contributed by atoms with van der Waals surface area (Å²) >= 11 is 5.45. The maximum absolute atomic E-state index is 13.9. The van der Waals surface area contributed by atoms with Gasteiger partial charge < -0.3 is 10.2 Å². The largest absolute Gasteiger partial charge is 0.346 e. The number of sulfonamides is 1. The maximum atomic E-state index is 13.9. The number of thiocarbonyl (C=S) groups is 1. The molecule has 0 aliphatic carbocycles. The van der Waals surface area contributed by atoms with E-state index in [1.807, 2.05) is 36.1 Å². The van der Waals surface area contributed by atoms with E-state index in [2.05, 4.69) is 5.32 Å². The van der Waals surface area contributed by atoms with Crippen LogP contribution in [0, 0.1) is 12.7 Å². The van der Waals surface area contributed by atoms with Crippen LogP contribution in [0.15, 0.2) is 53.4 Å². The van der Waals surface area contributed by atoms with Crippen LogP contribution in [0.25, 0.3) is 0 Å². The maximum Gasteiger partial charge on any atom is 0.246 e. The van der Waals surface area contributed by atoms with Gasteiger partial charge in [0, 0.05) is 31.9 Å². The van der Waals surface area contributed by atoms with Crippen LogP contribution in [0.3, 0.4) is 0 Å². The lowest BCUT2D eigenvalue weighted by atomic mass is 10.2. The summed E-state index contributed by atoms with van der Waals surface area (Å²) in [5, 5.41) is 3.76. The van der Waals surface area contributed by atoms with Gasteiger partial charge in [-0.1, -0.05) is 30.3 Å². The summed E-state index contributed by atoms with van der Waals surface area (Å²) in [6.07, 6.45) is 0. The predicted octanol–water partition coefficient (Wildman–Crippen LogP) is 2.84. The molecule has 3 rings (SSSR count). The number of para-hydroxylation sites is 1. The monoisotopic (exact) mass is 393 g/mol. The smallest absolute Gasteiger partial charge is 0.246 e. The topological polar surface area (TPSA) is 52.6 Å². The number of nitrogens with zero attached hydrogens (tertiary/aromatic N) is 2. The fourth-order valence-electron chi connectivity index (χ4n) is 2.83. The highest BCUT2D eigenvalue weighted by atomic mass is 32.2. The second-order valence-electron chi connectivity index (χ2n) is 6.07. The molecule has 26 heavy (non-hydrogen) atoms. The van der Waals surface area contributed by atoms with Gasteiger partial charge in [-0.3, -0.25) is 0 Å². The van der Waals surface area contributed by atoms with E-state index in [0.717, 1.165) is 17.3 Å². The first-order valence-electron chi connectivity index (χ1n) is 8.26. The van der Waals surface area contributed by atoms with Crippen LogP contribution in [0.1, 0.15) is 5.56 Å². The number of nitrogens with one attached hydrogen (secondary N) is 1. The lowest BCUT2D eigenvalue weighted by Gasteiger charge is -2.35. The van der Waals surface area contributed by atoms with E-state index in [0.29, 0.717) is 18.2 Å². The second-order valence-corrected chi connectivity index (χ2v) is 8.36. The molecular weight excluding hydrogens is 373 g/mol. The summed E-state index contributed by atoms with van der Waals surface area (Å²) in [5.41, 5.74) is 2.01. The van der Waals surface area contributed by atoms with Crippen LogP contribution >= 0.6 is 12.2 Å². The van der Waals surface area contributed by atoms with Gasteiger partial charge in [-0.15, -0.1) is 0 Å². The predicted molar refractivity (Wildman–Crippen MR) is 104 cm³/mol. The fraction of sp³-hybridized carbons (Fsp3) is 0.278. The van der Waals surface area contributed by atoms with Crippen LogP contribution in [0.2, 0.25) is 0 Å². The van der Waals surface area contributed by atoms with Crippen LogP contribution in [-0.2, 0) is 10.0 Å². The Labute approximate surface area is 158 Å². The van der Waals surface area contributed by atoms with Crippen molar-refractivity contribution in [2.24, 2.45) is 0 Å². The zero-order valence-corrected chi connectivity index (χ0v) is 16.0. The van der Waals surface area contributed by atoms with Gasteiger partial charge in [-0.2, -0.15) is 4.31 Å². The molecule has 1 aliphatic heterocycles. The third kappa shape index (κ3) is 3.87. The molecule has 1 aliphatic rings. The first kappa shape index (κ1) is 18.8. The second kappa shape index (κ2) is 7.69. The van der Waals surface area contributed by atoms with Gasteiger partial charge in [0.25, 0.3) is 0 Å². The quantitative estimate of drug-likeness (QED) is 0.813. The molecule has 1 N–H and O–H groups in total. The molecule has 0 bridgehead atoms. The number of rotatable bonds is 3. The molecule has 0 aromatic heterocycles. The summed E-state index contributed by atoms with van der Waals surface area (Å²) < 4.78 is 40.5. The van der Waals surface area contributed by atoms with E-state index in [1.165, 1.54) is 22.5 Å². The number of benzene rings is 2. The van der Waals surface area contributed by atoms with Gasteiger partial charge in [0.2, 0.25) is 10.0 Å². The Morgan fingerprint density at radius 1 is 1.04 bits per heavy atom. The Hall–Kier alpha value is -2.03. The highest BCUT2D eigenvalue weighted by Crippen LogP contribution is 2.21. The Kier molecular flexibility index (Phi) is 5.55. The van der Waals surface area contributed by atoms with Gasteiger partial charge in [-0.05, 0) is 42.9 Å². The van der Waals surface area contributed by atoms with Crippen molar-refractivity contribution in [1.82, 2.24) is 9.21 Å². The number of halogens is 1.